The topological polar surface area (TPSA) is 58.6 Å². The van der Waals surface area contributed by atoms with Gasteiger partial charge in [-0.15, -0.1) is 0 Å². The van der Waals surface area contributed by atoms with Crippen molar-refractivity contribution in [2.75, 3.05) is 16.8 Å². The molecule has 5 nitrogen and oxygen atoms in total. The first-order valence-corrected chi connectivity index (χ1v) is 9.49. The van der Waals surface area contributed by atoms with E-state index in [9.17, 15) is 9.59 Å². The van der Waals surface area contributed by atoms with Gasteiger partial charge in [0, 0.05) is 29.9 Å². The standard InChI is InChI=1S/C22H26N2O3/c1-4-21(25)24-13-5-6-16-7-10-18(14-20(16)24)23-22(26)17-8-11-19(12-9-17)27-15(2)3/h7-12,14-15H,4-6,13H2,1-3H3,(H,23,26). The number of ether oxygens (including phenoxy) is 1. The molecule has 0 spiro atoms. The molecular formula is C22H26N2O3. The van der Waals surface area contributed by atoms with Crippen LogP contribution < -0.4 is 15.0 Å². The Balaban J connectivity index is 1.76. The molecule has 0 radical (unpaired) electrons. The third kappa shape index (κ3) is 4.48. The SMILES string of the molecule is CCC(=O)N1CCCc2ccc(NC(=O)c3ccc(OC(C)C)cc3)cc21. The molecular weight excluding hydrogens is 340 g/mol. The van der Waals surface area contributed by atoms with Crippen LogP contribution in [0.5, 0.6) is 5.75 Å². The number of fused-ring (bicyclic) bond motifs is 1. The monoisotopic (exact) mass is 366 g/mol. The number of benzene rings is 2. The molecule has 2 aromatic carbocycles. The van der Waals surface area contributed by atoms with E-state index in [-0.39, 0.29) is 17.9 Å². The number of carbonyl (C=O) groups excluding carboxylic acids is 2. The summed E-state index contributed by atoms with van der Waals surface area (Å²) in [6.07, 6.45) is 2.48. The van der Waals surface area contributed by atoms with E-state index in [0.29, 0.717) is 17.7 Å². The Morgan fingerprint density at radius 2 is 1.89 bits per heavy atom. The number of hydrogen-bond acceptors (Lipinski definition) is 3. The van der Waals surface area contributed by atoms with Crippen LogP contribution in [0, 0.1) is 0 Å². The van der Waals surface area contributed by atoms with Crippen LogP contribution in [0.4, 0.5) is 11.4 Å². The van der Waals surface area contributed by atoms with Crippen molar-refractivity contribution in [2.45, 2.75) is 46.1 Å². The molecule has 0 atom stereocenters. The van der Waals surface area contributed by atoms with Gasteiger partial charge in [0.2, 0.25) is 5.91 Å². The second kappa shape index (κ2) is 8.25. The van der Waals surface area contributed by atoms with Gasteiger partial charge in [0.15, 0.2) is 0 Å². The van der Waals surface area contributed by atoms with Crippen LogP contribution in [0.3, 0.4) is 0 Å². The molecule has 2 amide bonds. The van der Waals surface area contributed by atoms with Crippen molar-refractivity contribution in [1.29, 1.82) is 0 Å². The van der Waals surface area contributed by atoms with Crippen molar-refractivity contribution in [3.63, 3.8) is 0 Å². The summed E-state index contributed by atoms with van der Waals surface area (Å²) < 4.78 is 5.61. The quantitative estimate of drug-likeness (QED) is 0.852. The lowest BCUT2D eigenvalue weighted by atomic mass is 10.0. The molecule has 27 heavy (non-hydrogen) atoms. The minimum atomic E-state index is -0.185. The third-order valence-electron chi connectivity index (χ3n) is 4.55. The van der Waals surface area contributed by atoms with Gasteiger partial charge in [-0.1, -0.05) is 13.0 Å². The molecule has 5 heteroatoms. The number of amides is 2. The van der Waals surface area contributed by atoms with Crippen LogP contribution in [0.15, 0.2) is 42.5 Å². The summed E-state index contributed by atoms with van der Waals surface area (Å²) in [7, 11) is 0. The number of nitrogens with one attached hydrogen (secondary N) is 1. The average Bonchev–Trinajstić information content (AvgIpc) is 2.67. The number of nitrogens with zero attached hydrogens (tertiary/aromatic N) is 1. The van der Waals surface area contributed by atoms with Crippen molar-refractivity contribution >= 4 is 23.2 Å². The fourth-order valence-corrected chi connectivity index (χ4v) is 3.26. The second-order valence-electron chi connectivity index (χ2n) is 6.99. The smallest absolute Gasteiger partial charge is 0.255 e. The zero-order valence-corrected chi connectivity index (χ0v) is 16.1. The highest BCUT2D eigenvalue weighted by atomic mass is 16.5. The molecule has 1 aliphatic rings. The van der Waals surface area contributed by atoms with Crippen molar-refractivity contribution in [3.05, 3.63) is 53.6 Å². The van der Waals surface area contributed by atoms with Crippen LogP contribution in [-0.2, 0) is 11.2 Å². The fraction of sp³-hybridized carbons (Fsp3) is 0.364. The highest BCUT2D eigenvalue weighted by Crippen LogP contribution is 2.30. The lowest BCUT2D eigenvalue weighted by Gasteiger charge is -2.29. The summed E-state index contributed by atoms with van der Waals surface area (Å²) in [5.74, 6) is 0.666. The molecule has 142 valence electrons. The zero-order chi connectivity index (χ0) is 19.4. The third-order valence-corrected chi connectivity index (χ3v) is 4.55. The van der Waals surface area contributed by atoms with Crippen LogP contribution in [0.25, 0.3) is 0 Å². The van der Waals surface area contributed by atoms with Gasteiger partial charge in [0.25, 0.3) is 5.91 Å². The molecule has 0 fully saturated rings. The largest absolute Gasteiger partial charge is 0.491 e. The molecule has 0 saturated carbocycles. The Morgan fingerprint density at radius 3 is 2.56 bits per heavy atom. The predicted octanol–water partition coefficient (Wildman–Crippen LogP) is 4.42. The minimum Gasteiger partial charge on any atom is -0.491 e. The number of anilines is 2. The van der Waals surface area contributed by atoms with Crippen LogP contribution in [0.2, 0.25) is 0 Å². The van der Waals surface area contributed by atoms with Crippen molar-refractivity contribution in [2.24, 2.45) is 0 Å². The van der Waals surface area contributed by atoms with Gasteiger partial charge in [-0.2, -0.15) is 0 Å². The average molecular weight is 366 g/mol. The Kier molecular flexibility index (Phi) is 5.79. The predicted molar refractivity (Wildman–Crippen MR) is 108 cm³/mol. The van der Waals surface area contributed by atoms with Gasteiger partial charge in [-0.3, -0.25) is 9.59 Å². The molecule has 1 N–H and O–H groups in total. The van der Waals surface area contributed by atoms with Gasteiger partial charge in [-0.25, -0.2) is 0 Å². The zero-order valence-electron chi connectivity index (χ0n) is 16.1. The van der Waals surface area contributed by atoms with E-state index in [1.54, 1.807) is 24.3 Å². The van der Waals surface area contributed by atoms with Crippen LogP contribution in [-0.4, -0.2) is 24.5 Å². The summed E-state index contributed by atoms with van der Waals surface area (Å²) in [5, 5.41) is 2.93. The maximum absolute atomic E-state index is 12.6. The second-order valence-corrected chi connectivity index (χ2v) is 6.99. The lowest BCUT2D eigenvalue weighted by molar-refractivity contribution is -0.118. The van der Waals surface area contributed by atoms with E-state index >= 15 is 0 Å². The van der Waals surface area contributed by atoms with Gasteiger partial charge >= 0.3 is 0 Å². The fourth-order valence-electron chi connectivity index (χ4n) is 3.26. The van der Waals surface area contributed by atoms with Gasteiger partial charge in [0.1, 0.15) is 5.75 Å². The summed E-state index contributed by atoms with van der Waals surface area (Å²) >= 11 is 0. The maximum atomic E-state index is 12.6. The van der Waals surface area contributed by atoms with E-state index in [1.165, 1.54) is 0 Å². The molecule has 0 aromatic heterocycles. The Morgan fingerprint density at radius 1 is 1.15 bits per heavy atom. The molecule has 0 aliphatic carbocycles. The van der Waals surface area contributed by atoms with Crippen molar-refractivity contribution in [3.8, 4) is 5.75 Å². The normalized spacial score (nSPS) is 13.3. The van der Waals surface area contributed by atoms with Gasteiger partial charge < -0.3 is 15.0 Å². The molecule has 0 bridgehead atoms. The molecule has 2 aromatic rings. The molecule has 1 aliphatic heterocycles. The number of carbonyl (C=O) groups is 2. The Hall–Kier alpha value is -2.82. The minimum absolute atomic E-state index is 0.0916. The number of hydrogen-bond donors (Lipinski definition) is 1. The molecule has 3 rings (SSSR count). The van der Waals surface area contributed by atoms with Crippen LogP contribution >= 0.6 is 0 Å². The van der Waals surface area contributed by atoms with E-state index in [4.69, 9.17) is 4.74 Å². The summed E-state index contributed by atoms with van der Waals surface area (Å²) in [6, 6.07) is 12.9. The first-order valence-electron chi connectivity index (χ1n) is 9.49. The highest BCUT2D eigenvalue weighted by Gasteiger charge is 2.22. The van der Waals surface area contributed by atoms with E-state index in [0.717, 1.165) is 36.4 Å². The number of rotatable bonds is 5. The summed E-state index contributed by atoms with van der Waals surface area (Å²) in [6.45, 7) is 6.52. The molecule has 1 heterocycles. The van der Waals surface area contributed by atoms with Crippen molar-refractivity contribution < 1.29 is 14.3 Å². The summed E-state index contributed by atoms with van der Waals surface area (Å²) in [5.41, 5.74) is 3.31. The first-order chi connectivity index (χ1) is 13.0. The van der Waals surface area contributed by atoms with E-state index in [1.807, 2.05) is 43.9 Å². The summed E-state index contributed by atoms with van der Waals surface area (Å²) in [4.78, 5) is 26.6. The Bertz CT molecular complexity index is 828. The maximum Gasteiger partial charge on any atom is 0.255 e. The highest BCUT2D eigenvalue weighted by molar-refractivity contribution is 6.05. The lowest BCUT2D eigenvalue weighted by Crippen LogP contribution is -2.35. The molecule has 0 saturated heterocycles. The molecule has 0 unspecified atom stereocenters. The van der Waals surface area contributed by atoms with Crippen LogP contribution in [0.1, 0.15) is 49.5 Å². The van der Waals surface area contributed by atoms with Gasteiger partial charge in [-0.05, 0) is 68.7 Å². The number of aryl methyl sites for hydroxylation is 1. The van der Waals surface area contributed by atoms with E-state index < -0.39 is 0 Å². The van der Waals surface area contributed by atoms with E-state index in [2.05, 4.69) is 5.32 Å². The van der Waals surface area contributed by atoms with Crippen molar-refractivity contribution in [1.82, 2.24) is 0 Å². The Labute approximate surface area is 160 Å². The van der Waals surface area contributed by atoms with Gasteiger partial charge in [0.05, 0.1) is 6.10 Å². The first kappa shape index (κ1) is 19.0.